The first-order valence-electron chi connectivity index (χ1n) is 6.91. The molecule has 0 radical (unpaired) electrons. The van der Waals surface area contributed by atoms with Crippen LogP contribution >= 0.6 is 0 Å². The van der Waals surface area contributed by atoms with Crippen molar-refractivity contribution in [3.05, 3.63) is 17.0 Å². The zero-order valence-electron chi connectivity index (χ0n) is 11.9. The van der Waals surface area contributed by atoms with Crippen LogP contribution in [0.25, 0.3) is 0 Å². The molecular weight excluding hydrogens is 242 g/mol. The van der Waals surface area contributed by atoms with E-state index in [1.54, 1.807) is 0 Å². The Kier molecular flexibility index (Phi) is 4.24. The minimum atomic E-state index is -0.176. The van der Waals surface area contributed by atoms with Crippen molar-refractivity contribution in [3.63, 3.8) is 0 Å². The molecule has 1 aliphatic rings. The lowest BCUT2D eigenvalue weighted by Gasteiger charge is -2.11. The Labute approximate surface area is 114 Å². The molecule has 1 saturated carbocycles. The number of hydrogen-bond acceptors (Lipinski definition) is 3. The number of rotatable bonds is 4. The summed E-state index contributed by atoms with van der Waals surface area (Å²) in [6.45, 7) is 4.59. The highest BCUT2D eigenvalue weighted by Gasteiger charge is 2.23. The third-order valence-electron chi connectivity index (χ3n) is 4.10. The molecule has 0 aromatic carbocycles. The molecule has 2 atom stereocenters. The minimum Gasteiger partial charge on any atom is -0.393 e. The van der Waals surface area contributed by atoms with E-state index in [2.05, 4.69) is 10.4 Å². The molecule has 1 fully saturated rings. The fourth-order valence-corrected chi connectivity index (χ4v) is 2.79. The van der Waals surface area contributed by atoms with E-state index in [1.165, 1.54) is 0 Å². The molecule has 1 heterocycles. The molecule has 0 saturated heterocycles. The standard InChI is InChI=1S/C14H23N3O2/c1-9-13(10(2)17(3)16-9)7-14(19)15-8-11-4-5-12(18)6-11/h11-12,18H,4-8H2,1-3H3,(H,15,19). The van der Waals surface area contributed by atoms with Gasteiger partial charge in [-0.1, -0.05) is 0 Å². The largest absolute Gasteiger partial charge is 0.393 e. The van der Waals surface area contributed by atoms with Crippen LogP contribution in [0.1, 0.15) is 36.2 Å². The molecule has 1 aromatic rings. The van der Waals surface area contributed by atoms with Crippen LogP contribution in [0.3, 0.4) is 0 Å². The van der Waals surface area contributed by atoms with Crippen molar-refractivity contribution in [1.82, 2.24) is 15.1 Å². The number of aliphatic hydroxyl groups is 1. The Hall–Kier alpha value is -1.36. The first kappa shape index (κ1) is 14.1. The van der Waals surface area contributed by atoms with Crippen LogP contribution in [0.15, 0.2) is 0 Å². The molecule has 106 valence electrons. The number of aryl methyl sites for hydroxylation is 2. The summed E-state index contributed by atoms with van der Waals surface area (Å²) >= 11 is 0. The summed E-state index contributed by atoms with van der Waals surface area (Å²) in [5, 5.41) is 16.7. The van der Waals surface area contributed by atoms with Crippen LogP contribution in [-0.4, -0.2) is 33.4 Å². The van der Waals surface area contributed by atoms with Crippen molar-refractivity contribution in [2.75, 3.05) is 6.54 Å². The highest BCUT2D eigenvalue weighted by Crippen LogP contribution is 2.24. The molecule has 1 aromatic heterocycles. The van der Waals surface area contributed by atoms with E-state index >= 15 is 0 Å². The maximum Gasteiger partial charge on any atom is 0.224 e. The Morgan fingerprint density at radius 2 is 2.21 bits per heavy atom. The van der Waals surface area contributed by atoms with Gasteiger partial charge in [0.1, 0.15) is 0 Å². The summed E-state index contributed by atoms with van der Waals surface area (Å²) in [6, 6.07) is 0. The number of aromatic nitrogens is 2. The Morgan fingerprint density at radius 1 is 1.47 bits per heavy atom. The average Bonchev–Trinajstić information content (AvgIpc) is 2.86. The first-order chi connectivity index (χ1) is 8.97. The third kappa shape index (κ3) is 3.35. The van der Waals surface area contributed by atoms with Gasteiger partial charge in [0.05, 0.1) is 18.2 Å². The van der Waals surface area contributed by atoms with Gasteiger partial charge in [0, 0.05) is 24.8 Å². The average molecular weight is 265 g/mol. The van der Waals surface area contributed by atoms with Crippen LogP contribution in [0, 0.1) is 19.8 Å². The number of hydrogen-bond donors (Lipinski definition) is 2. The van der Waals surface area contributed by atoms with Crippen LogP contribution in [0.4, 0.5) is 0 Å². The van der Waals surface area contributed by atoms with Gasteiger partial charge in [-0.05, 0) is 39.0 Å². The molecule has 2 rings (SSSR count). The predicted octanol–water partition coefficient (Wildman–Crippen LogP) is 0.857. The summed E-state index contributed by atoms with van der Waals surface area (Å²) in [5.41, 5.74) is 2.99. The fourth-order valence-electron chi connectivity index (χ4n) is 2.79. The molecule has 5 heteroatoms. The first-order valence-corrected chi connectivity index (χ1v) is 6.91. The lowest BCUT2D eigenvalue weighted by Crippen LogP contribution is -2.30. The van der Waals surface area contributed by atoms with Crippen molar-refractivity contribution >= 4 is 5.91 Å². The summed E-state index contributed by atoms with van der Waals surface area (Å²) in [7, 11) is 1.89. The highest BCUT2D eigenvalue weighted by atomic mass is 16.3. The van der Waals surface area contributed by atoms with Gasteiger partial charge >= 0.3 is 0 Å². The maximum absolute atomic E-state index is 12.0. The predicted molar refractivity (Wildman–Crippen MR) is 72.7 cm³/mol. The molecule has 5 nitrogen and oxygen atoms in total. The van der Waals surface area contributed by atoms with Gasteiger partial charge in [0.15, 0.2) is 0 Å². The lowest BCUT2D eigenvalue weighted by molar-refractivity contribution is -0.120. The Morgan fingerprint density at radius 3 is 2.74 bits per heavy atom. The minimum absolute atomic E-state index is 0.0422. The molecule has 1 amide bonds. The Bertz CT molecular complexity index is 468. The van der Waals surface area contributed by atoms with Gasteiger partial charge in [-0.3, -0.25) is 9.48 Å². The van der Waals surface area contributed by atoms with Gasteiger partial charge in [-0.15, -0.1) is 0 Å². The second-order valence-electron chi connectivity index (χ2n) is 5.59. The van der Waals surface area contributed by atoms with Gasteiger partial charge in [-0.2, -0.15) is 5.10 Å². The summed E-state index contributed by atoms with van der Waals surface area (Å²) in [5.74, 6) is 0.468. The fraction of sp³-hybridized carbons (Fsp3) is 0.714. The van der Waals surface area contributed by atoms with Crippen molar-refractivity contribution < 1.29 is 9.90 Å². The van der Waals surface area contributed by atoms with Crippen LogP contribution in [0.5, 0.6) is 0 Å². The van der Waals surface area contributed by atoms with E-state index in [-0.39, 0.29) is 12.0 Å². The molecule has 1 aliphatic carbocycles. The molecule has 2 N–H and O–H groups in total. The number of carbonyl (C=O) groups is 1. The quantitative estimate of drug-likeness (QED) is 0.848. The molecule has 2 unspecified atom stereocenters. The summed E-state index contributed by atoms with van der Waals surface area (Å²) in [4.78, 5) is 12.0. The number of aliphatic hydroxyl groups excluding tert-OH is 1. The van der Waals surface area contributed by atoms with Crippen LogP contribution in [-0.2, 0) is 18.3 Å². The second kappa shape index (κ2) is 5.74. The lowest BCUT2D eigenvalue weighted by atomic mass is 10.1. The number of amides is 1. The highest BCUT2D eigenvalue weighted by molar-refractivity contribution is 5.79. The zero-order chi connectivity index (χ0) is 14.0. The molecule has 0 aliphatic heterocycles. The Balaban J connectivity index is 1.84. The van der Waals surface area contributed by atoms with Gasteiger partial charge < -0.3 is 10.4 Å². The van der Waals surface area contributed by atoms with Gasteiger partial charge in [0.2, 0.25) is 5.91 Å². The van der Waals surface area contributed by atoms with E-state index in [4.69, 9.17) is 0 Å². The van der Waals surface area contributed by atoms with E-state index in [1.807, 2.05) is 25.6 Å². The topological polar surface area (TPSA) is 67.2 Å². The van der Waals surface area contributed by atoms with E-state index in [0.29, 0.717) is 18.9 Å². The molecule has 0 spiro atoms. The van der Waals surface area contributed by atoms with Crippen molar-refractivity contribution in [3.8, 4) is 0 Å². The number of nitrogens with zero attached hydrogens (tertiary/aromatic N) is 2. The zero-order valence-corrected chi connectivity index (χ0v) is 11.9. The number of nitrogens with one attached hydrogen (secondary N) is 1. The number of carbonyl (C=O) groups excluding carboxylic acids is 1. The molecule has 19 heavy (non-hydrogen) atoms. The summed E-state index contributed by atoms with van der Waals surface area (Å²) < 4.78 is 1.81. The second-order valence-corrected chi connectivity index (χ2v) is 5.59. The van der Waals surface area contributed by atoms with Crippen LogP contribution < -0.4 is 5.32 Å². The van der Waals surface area contributed by atoms with Crippen LogP contribution in [0.2, 0.25) is 0 Å². The van der Waals surface area contributed by atoms with E-state index in [9.17, 15) is 9.90 Å². The van der Waals surface area contributed by atoms with Gasteiger partial charge in [0.25, 0.3) is 0 Å². The van der Waals surface area contributed by atoms with Gasteiger partial charge in [-0.25, -0.2) is 0 Å². The monoisotopic (exact) mass is 265 g/mol. The van der Waals surface area contributed by atoms with E-state index in [0.717, 1.165) is 36.2 Å². The van der Waals surface area contributed by atoms with Crippen molar-refractivity contribution in [2.24, 2.45) is 13.0 Å². The van der Waals surface area contributed by atoms with E-state index < -0.39 is 0 Å². The summed E-state index contributed by atoms with van der Waals surface area (Å²) in [6.07, 6.45) is 2.89. The molecule has 0 bridgehead atoms. The molecular formula is C14H23N3O2. The normalized spacial score (nSPS) is 22.7. The smallest absolute Gasteiger partial charge is 0.224 e. The maximum atomic E-state index is 12.0. The SMILES string of the molecule is Cc1nn(C)c(C)c1CC(=O)NCC1CCC(O)C1. The van der Waals surface area contributed by atoms with Crippen molar-refractivity contribution in [2.45, 2.75) is 45.6 Å². The third-order valence-corrected chi connectivity index (χ3v) is 4.10. The van der Waals surface area contributed by atoms with Crippen molar-refractivity contribution in [1.29, 1.82) is 0 Å².